The third-order valence-electron chi connectivity index (χ3n) is 3.41. The van der Waals surface area contributed by atoms with Crippen LogP contribution in [0, 0.1) is 0 Å². The van der Waals surface area contributed by atoms with Crippen LogP contribution in [0.15, 0.2) is 60.9 Å². The third kappa shape index (κ3) is 3.81. The van der Waals surface area contributed by atoms with Crippen LogP contribution in [-0.2, 0) is 4.79 Å². The first-order valence-electron chi connectivity index (χ1n) is 7.91. The molecule has 0 saturated carbocycles. The first-order valence-corrected chi connectivity index (χ1v) is 7.91. The number of para-hydroxylation sites is 1. The summed E-state index contributed by atoms with van der Waals surface area (Å²) in [4.78, 5) is 16.4. The number of anilines is 1. The Morgan fingerprint density at radius 1 is 1.25 bits per heavy atom. The minimum absolute atomic E-state index is 0.233. The number of hydrogen-bond donors (Lipinski definition) is 1. The van der Waals surface area contributed by atoms with E-state index in [0.29, 0.717) is 12.4 Å². The lowest BCUT2D eigenvalue weighted by Gasteiger charge is -2.07. The average Bonchev–Trinajstić information content (AvgIpc) is 3.01. The number of pyridine rings is 1. The fraction of sp³-hybridized carbons (Fsp3) is 0.158. The zero-order valence-electron chi connectivity index (χ0n) is 13.5. The van der Waals surface area contributed by atoms with E-state index < -0.39 is 0 Å². The Morgan fingerprint density at radius 2 is 2.08 bits per heavy atom. The van der Waals surface area contributed by atoms with Crippen molar-refractivity contribution in [2.24, 2.45) is 0 Å². The number of fused-ring (bicyclic) bond motifs is 1. The second-order valence-electron chi connectivity index (χ2n) is 5.30. The number of carbonyl (C=O) groups excluding carboxylic acids is 1. The van der Waals surface area contributed by atoms with Gasteiger partial charge in [-0.3, -0.25) is 4.79 Å². The number of imidazole rings is 1. The Bertz CT molecular complexity index is 835. The van der Waals surface area contributed by atoms with Crippen molar-refractivity contribution in [1.29, 1.82) is 0 Å². The van der Waals surface area contributed by atoms with Gasteiger partial charge in [-0.1, -0.05) is 31.2 Å². The molecule has 0 bridgehead atoms. The van der Waals surface area contributed by atoms with E-state index in [0.717, 1.165) is 23.4 Å². The number of aromatic nitrogens is 2. The molecule has 0 saturated heterocycles. The zero-order valence-corrected chi connectivity index (χ0v) is 13.5. The molecule has 0 fully saturated rings. The molecule has 0 radical (unpaired) electrons. The number of ether oxygens (including phenoxy) is 1. The Hall–Kier alpha value is -3.08. The minimum atomic E-state index is -0.233. The van der Waals surface area contributed by atoms with Crippen LogP contribution in [0.2, 0.25) is 0 Å². The van der Waals surface area contributed by atoms with E-state index in [1.807, 2.05) is 53.1 Å². The molecule has 1 amide bonds. The maximum atomic E-state index is 12.1. The molecule has 5 nitrogen and oxygen atoms in total. The molecule has 3 rings (SSSR count). The summed E-state index contributed by atoms with van der Waals surface area (Å²) in [5.41, 5.74) is 1.66. The van der Waals surface area contributed by atoms with Gasteiger partial charge in [-0.25, -0.2) is 4.98 Å². The van der Waals surface area contributed by atoms with Gasteiger partial charge in [0.25, 0.3) is 0 Å². The van der Waals surface area contributed by atoms with Crippen LogP contribution < -0.4 is 10.1 Å². The van der Waals surface area contributed by atoms with Gasteiger partial charge in [-0.05, 0) is 30.7 Å². The van der Waals surface area contributed by atoms with Crippen LogP contribution in [0.4, 0.5) is 5.82 Å². The highest BCUT2D eigenvalue weighted by molar-refractivity contribution is 6.01. The second-order valence-corrected chi connectivity index (χ2v) is 5.30. The highest BCUT2D eigenvalue weighted by Crippen LogP contribution is 2.19. The lowest BCUT2D eigenvalue weighted by atomic mass is 10.2. The summed E-state index contributed by atoms with van der Waals surface area (Å²) >= 11 is 0. The molecule has 1 N–H and O–H groups in total. The van der Waals surface area contributed by atoms with Gasteiger partial charge in [0.1, 0.15) is 11.4 Å². The number of nitrogens with zero attached hydrogens (tertiary/aromatic N) is 2. The van der Waals surface area contributed by atoms with Crippen molar-refractivity contribution in [2.45, 2.75) is 13.3 Å². The molecule has 24 heavy (non-hydrogen) atoms. The molecule has 0 aliphatic heterocycles. The summed E-state index contributed by atoms with van der Waals surface area (Å²) < 4.78 is 7.53. The van der Waals surface area contributed by atoms with Gasteiger partial charge in [0, 0.05) is 17.8 Å². The number of carbonyl (C=O) groups is 1. The fourth-order valence-corrected chi connectivity index (χ4v) is 2.29. The van der Waals surface area contributed by atoms with Gasteiger partial charge in [-0.2, -0.15) is 0 Å². The second kappa shape index (κ2) is 7.46. The molecule has 0 aliphatic carbocycles. The van der Waals surface area contributed by atoms with E-state index in [1.54, 1.807) is 12.3 Å². The fourth-order valence-electron chi connectivity index (χ4n) is 2.29. The predicted molar refractivity (Wildman–Crippen MR) is 95.1 cm³/mol. The molecule has 2 heterocycles. The van der Waals surface area contributed by atoms with E-state index in [2.05, 4.69) is 17.2 Å². The number of rotatable bonds is 6. The van der Waals surface area contributed by atoms with Gasteiger partial charge in [-0.15, -0.1) is 0 Å². The average molecular weight is 321 g/mol. The number of amides is 1. The van der Waals surface area contributed by atoms with Crippen molar-refractivity contribution in [2.75, 3.05) is 11.9 Å². The molecular formula is C19H19N3O2. The van der Waals surface area contributed by atoms with Crippen LogP contribution in [0.3, 0.4) is 0 Å². The van der Waals surface area contributed by atoms with E-state index in [1.165, 1.54) is 6.08 Å². The third-order valence-corrected chi connectivity index (χ3v) is 3.41. The van der Waals surface area contributed by atoms with E-state index in [-0.39, 0.29) is 5.91 Å². The molecular weight excluding hydrogens is 302 g/mol. The predicted octanol–water partition coefficient (Wildman–Crippen LogP) is 3.78. The minimum Gasteiger partial charge on any atom is -0.493 e. The monoisotopic (exact) mass is 321 g/mol. The molecule has 1 aromatic carbocycles. The van der Waals surface area contributed by atoms with Crippen molar-refractivity contribution >= 4 is 23.4 Å². The number of benzene rings is 1. The van der Waals surface area contributed by atoms with Gasteiger partial charge in [0.2, 0.25) is 5.91 Å². The van der Waals surface area contributed by atoms with Crippen LogP contribution in [0.1, 0.15) is 18.9 Å². The van der Waals surface area contributed by atoms with Gasteiger partial charge in [0.15, 0.2) is 5.82 Å². The van der Waals surface area contributed by atoms with Crippen molar-refractivity contribution < 1.29 is 9.53 Å². The summed E-state index contributed by atoms with van der Waals surface area (Å²) in [6.45, 7) is 2.71. The van der Waals surface area contributed by atoms with Crippen molar-refractivity contribution in [3.8, 4) is 5.75 Å². The SMILES string of the molecule is CCCOc1ccccc1/C=C/C(=O)Nc1cn2ccccc2n1. The highest BCUT2D eigenvalue weighted by Gasteiger charge is 2.04. The van der Waals surface area contributed by atoms with Crippen LogP contribution in [-0.4, -0.2) is 21.9 Å². The van der Waals surface area contributed by atoms with Crippen molar-refractivity contribution in [3.63, 3.8) is 0 Å². The summed E-state index contributed by atoms with van der Waals surface area (Å²) in [6.07, 6.45) is 7.83. The van der Waals surface area contributed by atoms with Crippen LogP contribution in [0.25, 0.3) is 11.7 Å². The van der Waals surface area contributed by atoms with Gasteiger partial charge >= 0.3 is 0 Å². The molecule has 5 heteroatoms. The smallest absolute Gasteiger partial charge is 0.249 e. The summed E-state index contributed by atoms with van der Waals surface area (Å²) in [6, 6.07) is 13.3. The molecule has 0 unspecified atom stereocenters. The topological polar surface area (TPSA) is 55.6 Å². The van der Waals surface area contributed by atoms with Crippen LogP contribution >= 0.6 is 0 Å². The lowest BCUT2D eigenvalue weighted by molar-refractivity contribution is -0.111. The summed E-state index contributed by atoms with van der Waals surface area (Å²) in [5, 5.41) is 2.77. The first-order chi connectivity index (χ1) is 11.8. The van der Waals surface area contributed by atoms with E-state index >= 15 is 0 Å². The maximum Gasteiger partial charge on any atom is 0.249 e. The van der Waals surface area contributed by atoms with Gasteiger partial charge in [0.05, 0.1) is 12.8 Å². The van der Waals surface area contributed by atoms with Gasteiger partial charge < -0.3 is 14.5 Å². The molecule has 2 aromatic heterocycles. The van der Waals surface area contributed by atoms with E-state index in [9.17, 15) is 4.79 Å². The highest BCUT2D eigenvalue weighted by atomic mass is 16.5. The number of hydrogen-bond acceptors (Lipinski definition) is 3. The lowest BCUT2D eigenvalue weighted by Crippen LogP contribution is -2.07. The van der Waals surface area contributed by atoms with Crippen molar-refractivity contribution in [1.82, 2.24) is 9.38 Å². The Kier molecular flexibility index (Phi) is 4.91. The molecule has 122 valence electrons. The zero-order chi connectivity index (χ0) is 16.8. The molecule has 0 atom stereocenters. The Labute approximate surface area is 140 Å². The quantitative estimate of drug-likeness (QED) is 0.703. The summed E-state index contributed by atoms with van der Waals surface area (Å²) in [5.74, 6) is 1.06. The largest absolute Gasteiger partial charge is 0.493 e. The Balaban J connectivity index is 1.69. The standard InChI is InChI=1S/C19H19N3O2/c1-2-13-24-16-8-4-3-7-15(16)10-11-19(23)21-17-14-22-12-6-5-9-18(22)20-17/h3-12,14H,2,13H2,1H3,(H,21,23)/b11-10+. The molecule has 0 spiro atoms. The number of nitrogens with one attached hydrogen (secondary N) is 1. The first kappa shape index (κ1) is 15.8. The molecule has 3 aromatic rings. The molecule has 0 aliphatic rings. The van der Waals surface area contributed by atoms with Crippen molar-refractivity contribution in [3.05, 3.63) is 66.5 Å². The van der Waals surface area contributed by atoms with Crippen LogP contribution in [0.5, 0.6) is 5.75 Å². The Morgan fingerprint density at radius 3 is 2.92 bits per heavy atom. The maximum absolute atomic E-state index is 12.1. The summed E-state index contributed by atoms with van der Waals surface area (Å²) in [7, 11) is 0. The van der Waals surface area contributed by atoms with E-state index in [4.69, 9.17) is 4.74 Å². The normalized spacial score (nSPS) is 11.0.